The van der Waals surface area contributed by atoms with Gasteiger partial charge in [0.2, 0.25) is 0 Å². The number of amides is 1. The van der Waals surface area contributed by atoms with Crippen LogP contribution in [-0.2, 0) is 6.54 Å². The Balaban J connectivity index is 1.28. The van der Waals surface area contributed by atoms with Gasteiger partial charge in [-0.3, -0.25) is 9.89 Å². The minimum Gasteiger partial charge on any atom is -0.497 e. The molecule has 1 amide bonds. The molecule has 0 spiro atoms. The van der Waals surface area contributed by atoms with E-state index in [0.29, 0.717) is 41.1 Å². The predicted molar refractivity (Wildman–Crippen MR) is 138 cm³/mol. The normalized spacial score (nSPS) is 13.4. The Kier molecular flexibility index (Phi) is 6.94. The summed E-state index contributed by atoms with van der Waals surface area (Å²) < 4.78 is 12.6. The van der Waals surface area contributed by atoms with Gasteiger partial charge >= 0.3 is 0 Å². The van der Waals surface area contributed by atoms with Gasteiger partial charge in [-0.15, -0.1) is 0 Å². The van der Waals surface area contributed by atoms with Crippen LogP contribution in [0.4, 0.5) is 5.82 Å². The quantitative estimate of drug-likeness (QED) is 0.259. The molecule has 4 heterocycles. The minimum absolute atomic E-state index is 0.260. The monoisotopic (exact) mass is 508 g/mol. The molecule has 0 bridgehead atoms. The fourth-order valence-electron chi connectivity index (χ4n) is 4.31. The second kappa shape index (κ2) is 10.4. The maximum Gasteiger partial charge on any atom is 0.269 e. The van der Waals surface area contributed by atoms with Crippen molar-refractivity contribution in [3.05, 3.63) is 36.2 Å². The second-order valence-electron chi connectivity index (χ2n) is 8.32. The summed E-state index contributed by atoms with van der Waals surface area (Å²) >= 11 is 1.51. The number of methoxy groups -OCH3 is 2. The zero-order valence-corrected chi connectivity index (χ0v) is 21.3. The van der Waals surface area contributed by atoms with Crippen molar-refractivity contribution >= 4 is 34.5 Å². The molecule has 4 aromatic rings. The Hall–Kier alpha value is -3.80. The fraction of sp³-hybridized carbons (Fsp3) is 0.375. The molecule has 0 radical (unpaired) electrons. The van der Waals surface area contributed by atoms with E-state index in [1.54, 1.807) is 26.4 Å². The predicted octanol–water partition coefficient (Wildman–Crippen LogP) is 2.99. The highest BCUT2D eigenvalue weighted by Gasteiger charge is 2.21. The van der Waals surface area contributed by atoms with Crippen molar-refractivity contribution in [3.63, 3.8) is 0 Å². The molecule has 0 aliphatic carbocycles. The summed E-state index contributed by atoms with van der Waals surface area (Å²) in [5, 5.41) is 16.2. The Morgan fingerprint density at radius 2 is 2.00 bits per heavy atom. The molecule has 0 unspecified atom stereocenters. The Morgan fingerprint density at radius 1 is 1.17 bits per heavy atom. The number of aromatic nitrogens is 6. The third-order valence-corrected chi connectivity index (χ3v) is 6.71. The number of ether oxygens (including phenoxy) is 2. The molecule has 12 heteroatoms. The van der Waals surface area contributed by atoms with Crippen LogP contribution in [0.2, 0.25) is 0 Å². The highest BCUT2D eigenvalue weighted by Crippen LogP contribution is 2.32. The lowest BCUT2D eigenvalue weighted by Crippen LogP contribution is -2.28. The van der Waals surface area contributed by atoms with Crippen molar-refractivity contribution < 1.29 is 14.3 Å². The summed E-state index contributed by atoms with van der Waals surface area (Å²) in [6, 6.07) is 7.12. The lowest BCUT2D eigenvalue weighted by Gasteiger charge is -2.17. The molecule has 1 saturated heterocycles. The molecular weight excluding hydrogens is 480 g/mol. The first kappa shape index (κ1) is 23.9. The van der Waals surface area contributed by atoms with E-state index in [9.17, 15) is 4.79 Å². The smallest absolute Gasteiger partial charge is 0.269 e. The number of H-pyrrole nitrogens is 1. The van der Waals surface area contributed by atoms with Gasteiger partial charge in [0.1, 0.15) is 23.0 Å². The maximum absolute atomic E-state index is 12.8. The largest absolute Gasteiger partial charge is 0.497 e. The van der Waals surface area contributed by atoms with Gasteiger partial charge in [0.15, 0.2) is 10.8 Å². The number of carbonyl (C=O) groups excluding carboxylic acids is 1. The number of benzene rings is 1. The van der Waals surface area contributed by atoms with Crippen LogP contribution in [0.3, 0.4) is 0 Å². The number of anilines is 1. The number of nitrogens with one attached hydrogen (secondary N) is 2. The van der Waals surface area contributed by atoms with Crippen LogP contribution in [0.1, 0.15) is 23.3 Å². The Morgan fingerprint density at radius 3 is 2.75 bits per heavy atom. The first-order valence-corrected chi connectivity index (χ1v) is 12.9. The first-order valence-electron chi connectivity index (χ1n) is 11.7. The molecule has 1 aliphatic rings. The molecule has 11 nitrogen and oxygen atoms in total. The van der Waals surface area contributed by atoms with E-state index in [0.717, 1.165) is 35.5 Å². The van der Waals surface area contributed by atoms with Gasteiger partial charge < -0.3 is 19.7 Å². The van der Waals surface area contributed by atoms with E-state index >= 15 is 0 Å². The maximum atomic E-state index is 12.8. The number of rotatable bonds is 9. The van der Waals surface area contributed by atoms with E-state index in [1.807, 2.05) is 29.3 Å². The van der Waals surface area contributed by atoms with Crippen LogP contribution >= 0.6 is 11.8 Å². The first-order chi connectivity index (χ1) is 17.6. The number of aromatic amines is 1. The van der Waals surface area contributed by atoms with Gasteiger partial charge in [-0.05, 0) is 43.4 Å². The number of fused-ring (bicyclic) bond motifs is 1. The zero-order valence-electron chi connectivity index (χ0n) is 20.4. The Bertz CT molecular complexity index is 1380. The Labute approximate surface area is 212 Å². The molecule has 5 rings (SSSR count). The lowest BCUT2D eigenvalue weighted by molar-refractivity contribution is 0.0947. The third-order valence-electron chi connectivity index (χ3n) is 6.16. The summed E-state index contributed by atoms with van der Waals surface area (Å²) in [6.45, 7) is 2.85. The molecule has 36 heavy (non-hydrogen) atoms. The van der Waals surface area contributed by atoms with Crippen molar-refractivity contribution in [3.8, 4) is 22.8 Å². The standard InChI is InChI=1S/C24H28N8O3S/c1-34-15-6-7-20(35-2)16(12-15)18-13-19(30-29-18)23(33)25-8-11-32-22-17(14-26-32)21(27-24(28-22)36-3)31-9-4-5-10-31/h6-7,12-14H,4-5,8-11H2,1-3H3,(H,25,33)(H,29,30). The number of hydrogen-bond acceptors (Lipinski definition) is 9. The molecule has 2 N–H and O–H groups in total. The van der Waals surface area contributed by atoms with Crippen molar-refractivity contribution in [1.29, 1.82) is 0 Å². The molecule has 188 valence electrons. The molecular formula is C24H28N8O3S. The number of thioether (sulfide) groups is 1. The van der Waals surface area contributed by atoms with Crippen LogP contribution < -0.4 is 19.7 Å². The third kappa shape index (κ3) is 4.68. The molecule has 1 aliphatic heterocycles. The fourth-order valence-corrected chi connectivity index (χ4v) is 4.66. The van der Waals surface area contributed by atoms with Crippen LogP contribution in [0.5, 0.6) is 11.5 Å². The highest BCUT2D eigenvalue weighted by atomic mass is 32.2. The molecule has 0 atom stereocenters. The van der Waals surface area contributed by atoms with Crippen LogP contribution in [0.25, 0.3) is 22.3 Å². The summed E-state index contributed by atoms with van der Waals surface area (Å²) in [4.78, 5) is 24.5. The minimum atomic E-state index is -0.260. The van der Waals surface area contributed by atoms with Gasteiger partial charge in [-0.2, -0.15) is 10.2 Å². The van der Waals surface area contributed by atoms with E-state index in [4.69, 9.17) is 14.5 Å². The van der Waals surface area contributed by atoms with E-state index in [2.05, 4.69) is 30.5 Å². The molecule has 1 fully saturated rings. The van der Waals surface area contributed by atoms with Crippen molar-refractivity contribution in [2.45, 2.75) is 24.5 Å². The summed E-state index contributed by atoms with van der Waals surface area (Å²) in [5.74, 6) is 1.99. The number of hydrogen-bond donors (Lipinski definition) is 2. The van der Waals surface area contributed by atoms with Crippen LogP contribution in [0.15, 0.2) is 35.6 Å². The number of carbonyl (C=O) groups is 1. The van der Waals surface area contributed by atoms with Crippen molar-refractivity contribution in [2.75, 3.05) is 45.0 Å². The summed E-state index contributed by atoms with van der Waals surface area (Å²) in [5.41, 5.74) is 2.45. The molecule has 0 saturated carbocycles. The lowest BCUT2D eigenvalue weighted by atomic mass is 10.1. The summed E-state index contributed by atoms with van der Waals surface area (Å²) in [7, 11) is 3.19. The zero-order chi connectivity index (χ0) is 25.1. The van der Waals surface area contributed by atoms with E-state index in [-0.39, 0.29) is 5.91 Å². The topological polar surface area (TPSA) is 123 Å². The van der Waals surface area contributed by atoms with Gasteiger partial charge in [-0.25, -0.2) is 14.6 Å². The van der Waals surface area contributed by atoms with Gasteiger partial charge in [0, 0.05) is 25.2 Å². The van der Waals surface area contributed by atoms with Gasteiger partial charge in [0.05, 0.1) is 38.0 Å². The molecule has 3 aromatic heterocycles. The SMILES string of the molecule is COc1ccc(OC)c(-c2cc(C(=O)NCCn3ncc4c(N5CCCC5)nc(SC)nc43)[nH]n2)c1. The van der Waals surface area contributed by atoms with Crippen molar-refractivity contribution in [2.24, 2.45) is 0 Å². The van der Waals surface area contributed by atoms with Crippen LogP contribution in [0, 0.1) is 0 Å². The van der Waals surface area contributed by atoms with Gasteiger partial charge in [0.25, 0.3) is 5.91 Å². The van der Waals surface area contributed by atoms with Gasteiger partial charge in [-0.1, -0.05) is 11.8 Å². The average Bonchev–Trinajstić information content (AvgIpc) is 3.69. The second-order valence-corrected chi connectivity index (χ2v) is 9.10. The van der Waals surface area contributed by atoms with Crippen molar-refractivity contribution in [1.82, 2.24) is 35.3 Å². The van der Waals surface area contributed by atoms with E-state index < -0.39 is 0 Å². The summed E-state index contributed by atoms with van der Waals surface area (Å²) in [6.07, 6.45) is 6.12. The average molecular weight is 509 g/mol. The van der Waals surface area contributed by atoms with Crippen LogP contribution in [-0.4, -0.2) is 76.0 Å². The number of nitrogens with zero attached hydrogens (tertiary/aromatic N) is 6. The molecule has 1 aromatic carbocycles. The van der Waals surface area contributed by atoms with E-state index in [1.165, 1.54) is 24.6 Å². The highest BCUT2D eigenvalue weighted by molar-refractivity contribution is 7.98.